The Morgan fingerprint density at radius 1 is 1.16 bits per heavy atom. The summed E-state index contributed by atoms with van der Waals surface area (Å²) in [6, 6.07) is 2.78. The maximum absolute atomic E-state index is 12.2. The van der Waals surface area contributed by atoms with Crippen LogP contribution in [0.4, 0.5) is 4.79 Å². The number of rotatable bonds is 1. The van der Waals surface area contributed by atoms with Crippen LogP contribution in [0.3, 0.4) is 0 Å². The first kappa shape index (κ1) is 19.0. The molecule has 0 unspecified atom stereocenters. The number of primary amides is 1. The Balaban J connectivity index is 2.58. The van der Waals surface area contributed by atoms with Crippen molar-refractivity contribution in [2.45, 2.75) is 52.4 Å². The molecule has 136 valence electrons. The number of benzene rings is 1. The molecule has 1 aliphatic rings. The largest absolute Gasteiger partial charge is 0.507 e. The molecular formula is C19H26N2O4. The fraction of sp³-hybridized carbons (Fsp3) is 0.474. The minimum absolute atomic E-state index is 0.0155. The molecule has 2 rings (SSSR count). The molecule has 1 fully saturated rings. The monoisotopic (exact) mass is 346 g/mol. The van der Waals surface area contributed by atoms with Gasteiger partial charge in [0.2, 0.25) is 0 Å². The number of aromatic hydroxyl groups is 1. The number of amides is 3. The molecule has 1 aliphatic heterocycles. The van der Waals surface area contributed by atoms with Gasteiger partial charge in [0.25, 0.3) is 5.91 Å². The first-order chi connectivity index (χ1) is 11.3. The second-order valence-electron chi connectivity index (χ2n) is 8.35. The molecule has 0 atom stereocenters. The molecule has 0 saturated carbocycles. The molecule has 1 heterocycles. The van der Waals surface area contributed by atoms with Gasteiger partial charge in [-0.15, -0.1) is 5.06 Å². The highest BCUT2D eigenvalue weighted by molar-refractivity contribution is 6.06. The van der Waals surface area contributed by atoms with E-state index in [9.17, 15) is 14.7 Å². The van der Waals surface area contributed by atoms with E-state index in [0.717, 1.165) is 16.7 Å². The Kier molecular flexibility index (Phi) is 4.70. The van der Waals surface area contributed by atoms with Crippen molar-refractivity contribution >= 4 is 18.0 Å². The number of carbonyl (C=O) groups is 2. The molecule has 0 aliphatic carbocycles. The highest BCUT2D eigenvalue weighted by atomic mass is 16.7. The molecule has 1 aromatic rings. The summed E-state index contributed by atoms with van der Waals surface area (Å²) in [5.74, 6) is -0.287. The smallest absolute Gasteiger partial charge is 0.346 e. The summed E-state index contributed by atoms with van der Waals surface area (Å²) >= 11 is 0. The van der Waals surface area contributed by atoms with Gasteiger partial charge >= 0.3 is 6.03 Å². The first-order valence-corrected chi connectivity index (χ1v) is 8.17. The molecule has 0 spiro atoms. The molecule has 3 N–H and O–H groups in total. The van der Waals surface area contributed by atoms with Crippen LogP contribution in [-0.2, 0) is 20.5 Å². The zero-order chi connectivity index (χ0) is 19.2. The van der Waals surface area contributed by atoms with Crippen LogP contribution in [0.5, 0.6) is 5.75 Å². The van der Waals surface area contributed by atoms with Crippen LogP contribution < -0.4 is 5.73 Å². The maximum Gasteiger partial charge on any atom is 0.346 e. The topological polar surface area (TPSA) is 92.9 Å². The molecule has 6 heteroatoms. The molecule has 0 aromatic heterocycles. The van der Waals surface area contributed by atoms with Crippen molar-refractivity contribution < 1.29 is 19.5 Å². The van der Waals surface area contributed by atoms with Gasteiger partial charge in [-0.05, 0) is 34.6 Å². The van der Waals surface area contributed by atoms with E-state index in [1.54, 1.807) is 6.08 Å². The van der Waals surface area contributed by atoms with Crippen LogP contribution >= 0.6 is 0 Å². The number of phenols is 1. The second-order valence-corrected chi connectivity index (χ2v) is 8.35. The Labute approximate surface area is 148 Å². The van der Waals surface area contributed by atoms with Gasteiger partial charge in [-0.1, -0.05) is 41.5 Å². The van der Waals surface area contributed by atoms with Gasteiger partial charge in [-0.3, -0.25) is 9.63 Å². The number of nitrogens with two attached hydrogens (primary N) is 1. The first-order valence-electron chi connectivity index (χ1n) is 8.17. The highest BCUT2D eigenvalue weighted by Crippen LogP contribution is 2.40. The second kappa shape index (κ2) is 6.19. The van der Waals surface area contributed by atoms with E-state index in [0.29, 0.717) is 10.6 Å². The SMILES string of the molecule is CC(C)(C)c1cc(C=C2CON(C(N)=O)C2=O)cc(C(C)(C)C)c1O. The standard InChI is InChI=1S/C19H26N2O4/c1-18(2,3)13-8-11(9-14(15(13)22)19(4,5)6)7-12-10-25-21(16(12)23)17(20)24/h7-9,22H,10H2,1-6H3,(H2,20,24). The van der Waals surface area contributed by atoms with Gasteiger partial charge in [-0.25, -0.2) is 4.79 Å². The van der Waals surface area contributed by atoms with Crippen molar-refractivity contribution in [3.05, 3.63) is 34.4 Å². The molecule has 25 heavy (non-hydrogen) atoms. The third-order valence-electron chi connectivity index (χ3n) is 4.10. The van der Waals surface area contributed by atoms with Crippen molar-refractivity contribution in [2.75, 3.05) is 6.61 Å². The van der Waals surface area contributed by atoms with E-state index >= 15 is 0 Å². The normalized spacial score (nSPS) is 17.4. The lowest BCUT2D eigenvalue weighted by molar-refractivity contribution is -0.146. The minimum Gasteiger partial charge on any atom is -0.507 e. The summed E-state index contributed by atoms with van der Waals surface area (Å²) in [6.45, 7) is 12.1. The van der Waals surface area contributed by atoms with Crippen LogP contribution in [0.25, 0.3) is 6.08 Å². The summed E-state index contributed by atoms with van der Waals surface area (Å²) < 4.78 is 0. The predicted octanol–water partition coefficient (Wildman–Crippen LogP) is 3.22. The van der Waals surface area contributed by atoms with Crippen molar-refractivity contribution in [3.8, 4) is 5.75 Å². The van der Waals surface area contributed by atoms with Gasteiger partial charge in [0.15, 0.2) is 0 Å². The van der Waals surface area contributed by atoms with Gasteiger partial charge in [0, 0.05) is 16.7 Å². The summed E-state index contributed by atoms with van der Waals surface area (Å²) in [6.07, 6.45) is 1.68. The maximum atomic E-state index is 12.2. The van der Waals surface area contributed by atoms with E-state index in [1.807, 2.05) is 53.7 Å². The quantitative estimate of drug-likeness (QED) is 0.764. The Morgan fingerprint density at radius 2 is 1.64 bits per heavy atom. The Morgan fingerprint density at radius 3 is 2.00 bits per heavy atom. The molecule has 1 saturated heterocycles. The molecule has 6 nitrogen and oxygen atoms in total. The van der Waals surface area contributed by atoms with E-state index < -0.39 is 11.9 Å². The van der Waals surface area contributed by atoms with E-state index in [4.69, 9.17) is 10.6 Å². The average Bonchev–Trinajstić information content (AvgIpc) is 2.79. The number of nitrogens with zero attached hydrogens (tertiary/aromatic N) is 1. The molecule has 0 bridgehead atoms. The van der Waals surface area contributed by atoms with Crippen LogP contribution in [0.15, 0.2) is 17.7 Å². The number of hydrogen-bond donors (Lipinski definition) is 2. The Hall–Kier alpha value is -2.34. The number of urea groups is 1. The third-order valence-corrected chi connectivity index (χ3v) is 4.10. The van der Waals surface area contributed by atoms with Gasteiger partial charge in [0.1, 0.15) is 12.4 Å². The van der Waals surface area contributed by atoms with Crippen molar-refractivity contribution in [1.82, 2.24) is 5.06 Å². The predicted molar refractivity (Wildman–Crippen MR) is 95.9 cm³/mol. The molecule has 1 aromatic carbocycles. The van der Waals surface area contributed by atoms with Crippen LogP contribution in [-0.4, -0.2) is 28.7 Å². The summed E-state index contributed by atoms with van der Waals surface area (Å²) in [4.78, 5) is 28.4. The molecular weight excluding hydrogens is 320 g/mol. The summed E-state index contributed by atoms with van der Waals surface area (Å²) in [5, 5.41) is 11.3. The molecule has 3 amide bonds. The number of hydroxylamine groups is 2. The summed E-state index contributed by atoms with van der Waals surface area (Å²) in [7, 11) is 0. The zero-order valence-corrected chi connectivity index (χ0v) is 15.6. The lowest BCUT2D eigenvalue weighted by Crippen LogP contribution is -2.35. The van der Waals surface area contributed by atoms with Crippen molar-refractivity contribution in [2.24, 2.45) is 5.73 Å². The fourth-order valence-corrected chi connectivity index (χ4v) is 2.74. The fourth-order valence-electron chi connectivity index (χ4n) is 2.74. The molecule has 0 radical (unpaired) electrons. The van der Waals surface area contributed by atoms with E-state index in [2.05, 4.69) is 0 Å². The van der Waals surface area contributed by atoms with Gasteiger partial charge < -0.3 is 10.8 Å². The van der Waals surface area contributed by atoms with E-state index in [1.165, 1.54) is 0 Å². The van der Waals surface area contributed by atoms with Crippen LogP contribution in [0, 0.1) is 0 Å². The van der Waals surface area contributed by atoms with Crippen LogP contribution in [0.1, 0.15) is 58.2 Å². The number of imide groups is 1. The van der Waals surface area contributed by atoms with Gasteiger partial charge in [-0.2, -0.15) is 0 Å². The van der Waals surface area contributed by atoms with Crippen LogP contribution in [0.2, 0.25) is 0 Å². The Bertz CT molecular complexity index is 717. The number of hydrogen-bond acceptors (Lipinski definition) is 4. The minimum atomic E-state index is -0.940. The lowest BCUT2D eigenvalue weighted by atomic mass is 9.78. The third kappa shape index (κ3) is 3.85. The summed E-state index contributed by atoms with van der Waals surface area (Å²) in [5.41, 5.74) is 7.27. The average molecular weight is 346 g/mol. The highest BCUT2D eigenvalue weighted by Gasteiger charge is 2.32. The van der Waals surface area contributed by atoms with E-state index in [-0.39, 0.29) is 23.2 Å². The number of phenolic OH excluding ortho intramolecular Hbond substituents is 1. The van der Waals surface area contributed by atoms with Crippen molar-refractivity contribution in [1.29, 1.82) is 0 Å². The van der Waals surface area contributed by atoms with Gasteiger partial charge in [0.05, 0.1) is 0 Å². The number of carbonyl (C=O) groups excluding carboxylic acids is 2. The zero-order valence-electron chi connectivity index (χ0n) is 15.6. The van der Waals surface area contributed by atoms with Crippen molar-refractivity contribution in [3.63, 3.8) is 0 Å². The lowest BCUT2D eigenvalue weighted by Gasteiger charge is -2.28.